The van der Waals surface area contributed by atoms with Gasteiger partial charge in [0.1, 0.15) is 11.5 Å². The molecule has 0 radical (unpaired) electrons. The molecule has 0 saturated carbocycles. The van der Waals surface area contributed by atoms with Gasteiger partial charge in [-0.2, -0.15) is 4.68 Å². The van der Waals surface area contributed by atoms with Crippen molar-refractivity contribution in [3.8, 4) is 11.5 Å². The third-order valence-electron chi connectivity index (χ3n) is 4.03. The molecule has 0 aliphatic heterocycles. The molecule has 0 fully saturated rings. The predicted molar refractivity (Wildman–Crippen MR) is 102 cm³/mol. The van der Waals surface area contributed by atoms with Crippen LogP contribution in [0.15, 0.2) is 60.8 Å². The average molecular weight is 379 g/mol. The number of allylic oxidation sites excluding steroid dienone is 1. The Balaban J connectivity index is 1.80. The topological polar surface area (TPSA) is 107 Å². The number of phenols is 1. The molecule has 3 rings (SSSR count). The second kappa shape index (κ2) is 8.17. The maximum Gasteiger partial charge on any atom is 0.389 e. The van der Waals surface area contributed by atoms with Crippen LogP contribution in [0.25, 0.3) is 6.08 Å². The lowest BCUT2D eigenvalue weighted by atomic mass is 10.1. The number of hydrogen-bond donors (Lipinski definition) is 1. The smallest absolute Gasteiger partial charge is 0.389 e. The number of ether oxygens (including phenoxy) is 1. The summed E-state index contributed by atoms with van der Waals surface area (Å²) in [5.41, 5.74) is 2.00. The lowest BCUT2D eigenvalue weighted by Gasteiger charge is -2.08. The Kier molecular flexibility index (Phi) is 5.50. The highest BCUT2D eigenvalue weighted by atomic mass is 16.6. The Morgan fingerprint density at radius 1 is 1.25 bits per heavy atom. The second-order valence-electron chi connectivity index (χ2n) is 5.94. The molecule has 28 heavy (non-hydrogen) atoms. The summed E-state index contributed by atoms with van der Waals surface area (Å²) in [7, 11) is 1.54. The van der Waals surface area contributed by atoms with E-state index in [2.05, 4.69) is 5.10 Å². The number of carbonyl (C=O) groups is 1. The highest BCUT2D eigenvalue weighted by molar-refractivity contribution is 6.06. The number of ketones is 1. The third-order valence-corrected chi connectivity index (χ3v) is 4.03. The summed E-state index contributed by atoms with van der Waals surface area (Å²) in [4.78, 5) is 22.4. The minimum Gasteiger partial charge on any atom is -0.508 e. The number of nitro groups is 1. The largest absolute Gasteiger partial charge is 0.508 e. The van der Waals surface area contributed by atoms with Gasteiger partial charge in [-0.3, -0.25) is 4.79 Å². The van der Waals surface area contributed by atoms with Gasteiger partial charge in [-0.05, 0) is 53.0 Å². The van der Waals surface area contributed by atoms with E-state index in [0.29, 0.717) is 11.3 Å². The number of aromatic nitrogens is 2. The van der Waals surface area contributed by atoms with Crippen LogP contribution in [0.5, 0.6) is 11.5 Å². The zero-order chi connectivity index (χ0) is 20.1. The van der Waals surface area contributed by atoms with Crippen molar-refractivity contribution in [1.82, 2.24) is 9.78 Å². The molecule has 0 amide bonds. The van der Waals surface area contributed by atoms with Crippen LogP contribution in [0.2, 0.25) is 0 Å². The summed E-state index contributed by atoms with van der Waals surface area (Å²) < 4.78 is 6.79. The van der Waals surface area contributed by atoms with Gasteiger partial charge in [-0.1, -0.05) is 12.1 Å². The van der Waals surface area contributed by atoms with Crippen molar-refractivity contribution in [2.75, 3.05) is 7.11 Å². The van der Waals surface area contributed by atoms with Gasteiger partial charge in [0, 0.05) is 11.1 Å². The maximum absolute atomic E-state index is 12.2. The van der Waals surface area contributed by atoms with Crippen LogP contribution in [0.4, 0.5) is 5.82 Å². The average Bonchev–Trinajstić information content (AvgIpc) is 3.16. The SMILES string of the molecule is COc1ccc(/C=C/C(=O)c2ccc(O)cc2)cc1Cn1ccc([N+](=O)[O-])n1. The molecule has 0 unspecified atom stereocenters. The molecule has 0 saturated heterocycles. The minimum absolute atomic E-state index is 0.0965. The number of nitrogens with zero attached hydrogens (tertiary/aromatic N) is 3. The van der Waals surface area contributed by atoms with E-state index >= 15 is 0 Å². The molecule has 0 aliphatic carbocycles. The van der Waals surface area contributed by atoms with Crippen molar-refractivity contribution in [3.63, 3.8) is 0 Å². The van der Waals surface area contributed by atoms with E-state index in [-0.39, 0.29) is 23.9 Å². The molecule has 1 aromatic heterocycles. The first-order valence-electron chi connectivity index (χ1n) is 8.32. The van der Waals surface area contributed by atoms with Gasteiger partial charge in [-0.15, -0.1) is 0 Å². The van der Waals surface area contributed by atoms with Gasteiger partial charge in [-0.25, -0.2) is 0 Å². The van der Waals surface area contributed by atoms with Gasteiger partial charge >= 0.3 is 5.82 Å². The normalized spacial score (nSPS) is 10.9. The van der Waals surface area contributed by atoms with Crippen LogP contribution in [0, 0.1) is 10.1 Å². The summed E-state index contributed by atoms with van der Waals surface area (Å²) in [6.45, 7) is 0.282. The van der Waals surface area contributed by atoms with Crippen LogP contribution in [0.3, 0.4) is 0 Å². The van der Waals surface area contributed by atoms with Gasteiger partial charge in [0.05, 0.1) is 31.0 Å². The summed E-state index contributed by atoms with van der Waals surface area (Å²) in [6.07, 6.45) is 4.63. The molecule has 0 spiro atoms. The van der Waals surface area contributed by atoms with E-state index in [1.165, 1.54) is 42.3 Å². The lowest BCUT2D eigenvalue weighted by Crippen LogP contribution is -2.03. The van der Waals surface area contributed by atoms with Gasteiger partial charge in [0.2, 0.25) is 0 Å². The number of benzene rings is 2. The van der Waals surface area contributed by atoms with Gasteiger partial charge < -0.3 is 20.0 Å². The molecule has 0 aliphatic rings. The molecular weight excluding hydrogens is 362 g/mol. The summed E-state index contributed by atoms with van der Waals surface area (Å²) in [6, 6.07) is 12.7. The van der Waals surface area contributed by atoms with Crippen LogP contribution >= 0.6 is 0 Å². The Hall–Kier alpha value is -3.94. The first-order valence-corrected chi connectivity index (χ1v) is 8.32. The van der Waals surface area contributed by atoms with Gasteiger partial charge in [0.25, 0.3) is 0 Å². The Labute approximate surface area is 160 Å². The summed E-state index contributed by atoms with van der Waals surface area (Å²) >= 11 is 0. The van der Waals surface area contributed by atoms with Crippen molar-refractivity contribution in [2.24, 2.45) is 0 Å². The van der Waals surface area contributed by atoms with Crippen molar-refractivity contribution in [3.05, 3.63) is 87.6 Å². The molecule has 8 nitrogen and oxygen atoms in total. The molecule has 0 atom stereocenters. The Morgan fingerprint density at radius 2 is 2.00 bits per heavy atom. The number of aromatic hydroxyl groups is 1. The van der Waals surface area contributed by atoms with E-state index in [9.17, 15) is 20.0 Å². The Morgan fingerprint density at radius 3 is 2.64 bits per heavy atom. The molecule has 3 aromatic rings. The number of carbonyl (C=O) groups excluding carboxylic acids is 1. The fraction of sp³-hybridized carbons (Fsp3) is 0.100. The number of rotatable bonds is 7. The van der Waals surface area contributed by atoms with Crippen molar-refractivity contribution >= 4 is 17.7 Å². The van der Waals surface area contributed by atoms with E-state index in [1.807, 2.05) is 6.07 Å². The van der Waals surface area contributed by atoms with Crippen LogP contribution in [0.1, 0.15) is 21.5 Å². The molecule has 2 aromatic carbocycles. The van der Waals surface area contributed by atoms with Crippen LogP contribution in [-0.4, -0.2) is 32.7 Å². The molecule has 0 bridgehead atoms. The fourth-order valence-electron chi connectivity index (χ4n) is 2.63. The minimum atomic E-state index is -0.554. The monoisotopic (exact) mass is 379 g/mol. The van der Waals surface area contributed by atoms with Crippen molar-refractivity contribution < 1.29 is 19.6 Å². The zero-order valence-corrected chi connectivity index (χ0v) is 15.0. The molecular formula is C20H17N3O5. The van der Waals surface area contributed by atoms with E-state index in [4.69, 9.17) is 4.74 Å². The van der Waals surface area contributed by atoms with Crippen LogP contribution in [-0.2, 0) is 6.54 Å². The predicted octanol–water partition coefficient (Wildman–Crippen LogP) is 3.45. The first kappa shape index (κ1) is 18.8. The van der Waals surface area contributed by atoms with Crippen LogP contribution < -0.4 is 4.74 Å². The standard InChI is InChI=1S/C20H17N3O5/c1-28-19-9-3-14(2-8-18(25)15-4-6-17(24)7-5-15)12-16(19)13-22-11-10-20(21-22)23(26)27/h2-12,24H,13H2,1H3/b8-2+. The summed E-state index contributed by atoms with van der Waals surface area (Å²) in [5, 5.41) is 24.0. The molecule has 8 heteroatoms. The van der Waals surface area contributed by atoms with Crippen molar-refractivity contribution in [1.29, 1.82) is 0 Å². The Bertz CT molecular complexity index is 1040. The number of hydrogen-bond acceptors (Lipinski definition) is 6. The third kappa shape index (κ3) is 4.42. The van der Waals surface area contributed by atoms with E-state index in [1.54, 1.807) is 30.3 Å². The molecule has 142 valence electrons. The lowest BCUT2D eigenvalue weighted by molar-refractivity contribution is -0.389. The fourth-order valence-corrected chi connectivity index (χ4v) is 2.63. The first-order chi connectivity index (χ1) is 13.5. The summed E-state index contributed by atoms with van der Waals surface area (Å²) in [5.74, 6) is 0.286. The maximum atomic E-state index is 12.2. The highest BCUT2D eigenvalue weighted by Crippen LogP contribution is 2.22. The molecule has 1 N–H and O–H groups in total. The van der Waals surface area contributed by atoms with Crippen molar-refractivity contribution in [2.45, 2.75) is 6.54 Å². The quantitative estimate of drug-likeness (QED) is 0.292. The number of methoxy groups -OCH3 is 1. The molecule has 1 heterocycles. The number of phenolic OH excluding ortho intramolecular Hbond substituents is 1. The highest BCUT2D eigenvalue weighted by Gasteiger charge is 2.13. The zero-order valence-electron chi connectivity index (χ0n) is 15.0. The van der Waals surface area contributed by atoms with E-state index < -0.39 is 4.92 Å². The second-order valence-corrected chi connectivity index (χ2v) is 5.94. The van der Waals surface area contributed by atoms with E-state index in [0.717, 1.165) is 11.1 Å². The van der Waals surface area contributed by atoms with Gasteiger partial charge in [0.15, 0.2) is 5.78 Å².